The molecule has 3 N–H and O–H groups in total. The number of hydrogen-bond acceptors (Lipinski definition) is 4. The smallest absolute Gasteiger partial charge is 0.0799 e. The Morgan fingerprint density at radius 2 is 1.34 bits per heavy atom. The molecule has 0 aromatic rings. The molecule has 2 rings (SSSR count). The molecule has 0 bridgehead atoms. The van der Waals surface area contributed by atoms with Crippen molar-refractivity contribution >= 4 is 11.4 Å². The number of nitrogens with zero attached hydrogens (tertiary/aromatic N) is 1. The summed E-state index contributed by atoms with van der Waals surface area (Å²) in [5.74, 6) is 0.909. The first-order valence-corrected chi connectivity index (χ1v) is 12.0. The van der Waals surface area contributed by atoms with Crippen LogP contribution in [0.1, 0.15) is 112 Å². The van der Waals surface area contributed by atoms with Gasteiger partial charge in [0.05, 0.1) is 22.6 Å². The van der Waals surface area contributed by atoms with Gasteiger partial charge < -0.3 is 15.9 Å². The largest absolute Gasteiger partial charge is 0.374 e. The van der Waals surface area contributed by atoms with Gasteiger partial charge >= 0.3 is 0 Å². The van der Waals surface area contributed by atoms with E-state index in [9.17, 15) is 0 Å². The molecule has 0 atom stereocenters. The fourth-order valence-corrected chi connectivity index (χ4v) is 4.47. The van der Waals surface area contributed by atoms with Gasteiger partial charge in [0, 0.05) is 24.0 Å². The highest BCUT2D eigenvalue weighted by atomic mass is 16.5. The van der Waals surface area contributed by atoms with Gasteiger partial charge in [0.15, 0.2) is 0 Å². The third-order valence-electron chi connectivity index (χ3n) is 7.43. The summed E-state index contributed by atoms with van der Waals surface area (Å²) in [4.78, 5) is 5.27. The number of ether oxygens (including phenoxy) is 1. The van der Waals surface area contributed by atoms with E-state index in [0.29, 0.717) is 18.4 Å². The number of aliphatic imine (C=N–C) groups is 1. The predicted molar refractivity (Wildman–Crippen MR) is 125 cm³/mol. The zero-order chi connectivity index (χ0) is 21.7. The lowest BCUT2D eigenvalue weighted by molar-refractivity contribution is -0.0661. The minimum atomic E-state index is -0.392. The quantitative estimate of drug-likeness (QED) is 0.441. The third-order valence-corrected chi connectivity index (χ3v) is 7.43. The second-order valence-corrected chi connectivity index (χ2v) is 11.2. The van der Waals surface area contributed by atoms with Gasteiger partial charge in [-0.3, -0.25) is 4.99 Å². The number of rotatable bonds is 9. The first-order valence-electron chi connectivity index (χ1n) is 12.0. The Labute approximate surface area is 180 Å². The van der Waals surface area contributed by atoms with Crippen molar-refractivity contribution < 1.29 is 4.74 Å². The van der Waals surface area contributed by atoms with Crippen molar-refractivity contribution in [3.63, 3.8) is 0 Å². The molecule has 4 nitrogen and oxygen atoms in total. The normalized spacial score (nSPS) is 21.4. The molecule has 0 unspecified atom stereocenters. The molecule has 2 saturated carbocycles. The van der Waals surface area contributed by atoms with Gasteiger partial charge in [-0.1, -0.05) is 38.5 Å². The average Bonchev–Trinajstić information content (AvgIpc) is 2.66. The Balaban J connectivity index is 2.11. The van der Waals surface area contributed by atoms with Crippen LogP contribution < -0.4 is 5.73 Å². The minimum absolute atomic E-state index is 0.220. The summed E-state index contributed by atoms with van der Waals surface area (Å²) >= 11 is 0. The van der Waals surface area contributed by atoms with Gasteiger partial charge in [0.1, 0.15) is 0 Å². The molecule has 2 aliphatic rings. The van der Waals surface area contributed by atoms with Crippen molar-refractivity contribution in [3.8, 4) is 0 Å². The van der Waals surface area contributed by atoms with Gasteiger partial charge in [-0.05, 0) is 73.6 Å². The molecule has 0 radical (unpaired) electrons. The van der Waals surface area contributed by atoms with Crippen LogP contribution in [-0.4, -0.2) is 34.7 Å². The van der Waals surface area contributed by atoms with Crippen LogP contribution in [-0.2, 0) is 4.74 Å². The van der Waals surface area contributed by atoms with Crippen molar-refractivity contribution in [1.82, 2.24) is 0 Å². The highest BCUT2D eigenvalue weighted by Crippen LogP contribution is 2.32. The SMILES string of the molecule is CC(C)(CCOC(C)(C)C(C)(C)N)/N=C(/C(=N)C1CCCCC1)C1CCCCC1. The molecule has 0 spiro atoms. The monoisotopic (exact) mass is 405 g/mol. The van der Waals surface area contributed by atoms with E-state index in [1.807, 2.05) is 13.8 Å². The van der Waals surface area contributed by atoms with Crippen LogP contribution in [0.25, 0.3) is 0 Å². The van der Waals surface area contributed by atoms with Gasteiger partial charge in [0.2, 0.25) is 0 Å². The van der Waals surface area contributed by atoms with E-state index in [2.05, 4.69) is 27.7 Å². The Bertz CT molecular complexity index is 559. The van der Waals surface area contributed by atoms with E-state index in [4.69, 9.17) is 20.9 Å². The van der Waals surface area contributed by atoms with Crippen LogP contribution in [0.5, 0.6) is 0 Å². The maximum absolute atomic E-state index is 9.04. The third kappa shape index (κ3) is 7.17. The van der Waals surface area contributed by atoms with E-state index in [1.165, 1.54) is 64.2 Å². The fourth-order valence-electron chi connectivity index (χ4n) is 4.47. The molecule has 0 aromatic heterocycles. The summed E-state index contributed by atoms with van der Waals surface area (Å²) in [7, 11) is 0. The lowest BCUT2D eigenvalue weighted by atomic mass is 9.77. The van der Waals surface area contributed by atoms with Crippen molar-refractivity contribution in [3.05, 3.63) is 0 Å². The second kappa shape index (κ2) is 10.0. The van der Waals surface area contributed by atoms with Crippen LogP contribution in [0.2, 0.25) is 0 Å². The van der Waals surface area contributed by atoms with Crippen molar-refractivity contribution in [1.29, 1.82) is 5.41 Å². The molecule has 168 valence electrons. The zero-order valence-corrected chi connectivity index (χ0v) is 20.1. The Hall–Kier alpha value is -0.740. The molecular formula is C25H47N3O. The van der Waals surface area contributed by atoms with Crippen molar-refractivity contribution in [2.75, 3.05) is 6.61 Å². The average molecular weight is 406 g/mol. The Morgan fingerprint density at radius 1 is 0.862 bits per heavy atom. The fraction of sp³-hybridized carbons (Fsp3) is 0.920. The maximum Gasteiger partial charge on any atom is 0.0799 e. The molecule has 0 aromatic carbocycles. The molecular weight excluding hydrogens is 358 g/mol. The van der Waals surface area contributed by atoms with Crippen LogP contribution in [0.3, 0.4) is 0 Å². The molecule has 29 heavy (non-hydrogen) atoms. The van der Waals surface area contributed by atoms with E-state index in [-0.39, 0.29) is 11.1 Å². The van der Waals surface area contributed by atoms with E-state index < -0.39 is 5.54 Å². The lowest BCUT2D eigenvalue weighted by Gasteiger charge is -2.39. The maximum atomic E-state index is 9.04. The summed E-state index contributed by atoms with van der Waals surface area (Å²) in [6, 6.07) is 0. The van der Waals surface area contributed by atoms with Gasteiger partial charge in [-0.2, -0.15) is 0 Å². The molecule has 0 amide bonds. The van der Waals surface area contributed by atoms with Crippen molar-refractivity contribution in [2.24, 2.45) is 22.6 Å². The van der Waals surface area contributed by atoms with Crippen LogP contribution in [0, 0.1) is 17.2 Å². The Morgan fingerprint density at radius 3 is 1.83 bits per heavy atom. The number of nitrogens with two attached hydrogens (primary N) is 1. The summed E-state index contributed by atoms with van der Waals surface area (Å²) in [6.07, 6.45) is 13.4. The number of hydrogen-bond donors (Lipinski definition) is 2. The number of nitrogens with one attached hydrogen (secondary N) is 1. The molecule has 0 saturated heterocycles. The van der Waals surface area contributed by atoms with Gasteiger partial charge in [-0.15, -0.1) is 0 Å². The minimum Gasteiger partial charge on any atom is -0.374 e. The van der Waals surface area contributed by atoms with E-state index in [0.717, 1.165) is 17.8 Å². The highest BCUT2D eigenvalue weighted by Gasteiger charge is 2.35. The molecule has 0 heterocycles. The zero-order valence-electron chi connectivity index (χ0n) is 20.1. The second-order valence-electron chi connectivity index (χ2n) is 11.2. The summed E-state index contributed by atoms with van der Waals surface area (Å²) in [6.45, 7) is 13.2. The van der Waals surface area contributed by atoms with E-state index >= 15 is 0 Å². The Kier molecular flexibility index (Phi) is 8.50. The van der Waals surface area contributed by atoms with Crippen LogP contribution in [0.15, 0.2) is 4.99 Å². The molecule has 2 aliphatic carbocycles. The summed E-state index contributed by atoms with van der Waals surface area (Å²) in [5.41, 5.74) is 7.27. The summed E-state index contributed by atoms with van der Waals surface area (Å²) < 4.78 is 6.19. The first kappa shape index (κ1) is 24.5. The van der Waals surface area contributed by atoms with Crippen LogP contribution in [0.4, 0.5) is 0 Å². The standard InChI is InChI=1S/C25H47N3O/c1-23(2,17-18-29-25(5,6)24(3,4)27)28-22(20-15-11-8-12-16-20)21(26)19-13-9-7-10-14-19/h19-20,26H,7-18,27H2,1-6H3/b26-21?,28-22+. The van der Waals surface area contributed by atoms with Gasteiger partial charge in [0.25, 0.3) is 0 Å². The topological polar surface area (TPSA) is 71.5 Å². The van der Waals surface area contributed by atoms with Crippen LogP contribution >= 0.6 is 0 Å². The van der Waals surface area contributed by atoms with Crippen molar-refractivity contribution in [2.45, 2.75) is 129 Å². The molecule has 4 heteroatoms. The molecule has 0 aliphatic heterocycles. The van der Waals surface area contributed by atoms with Gasteiger partial charge in [-0.25, -0.2) is 0 Å². The first-order chi connectivity index (χ1) is 13.4. The van der Waals surface area contributed by atoms with E-state index in [1.54, 1.807) is 0 Å². The predicted octanol–water partition coefficient (Wildman–Crippen LogP) is 6.31. The summed E-state index contributed by atoms with van der Waals surface area (Å²) in [5, 5.41) is 9.04. The lowest BCUT2D eigenvalue weighted by Crippen LogP contribution is -2.54. The molecule has 2 fully saturated rings. The highest BCUT2D eigenvalue weighted by molar-refractivity contribution is 6.42.